The SMILES string of the molecule is O=C=C1CSC(c2ccc(-c3cncnc3)s2)N1c1ccccc1OCCCC(=O)NO. The molecule has 8 nitrogen and oxygen atoms in total. The van der Waals surface area contributed by atoms with Gasteiger partial charge in [-0.1, -0.05) is 12.1 Å². The van der Waals surface area contributed by atoms with E-state index in [4.69, 9.17) is 9.94 Å². The largest absolute Gasteiger partial charge is 0.491 e. The molecule has 0 radical (unpaired) electrons. The lowest BCUT2D eigenvalue weighted by Gasteiger charge is -2.26. The van der Waals surface area contributed by atoms with Gasteiger partial charge in [0, 0.05) is 39.9 Å². The Hall–Kier alpha value is -3.17. The zero-order valence-electron chi connectivity index (χ0n) is 16.9. The molecule has 1 aliphatic rings. The lowest BCUT2D eigenvalue weighted by molar-refractivity contribution is -0.129. The molecule has 0 bridgehead atoms. The number of amides is 1. The normalized spacial score (nSPS) is 15.5. The summed E-state index contributed by atoms with van der Waals surface area (Å²) in [5.41, 5.74) is 3.88. The molecule has 0 saturated carbocycles. The van der Waals surface area contributed by atoms with E-state index in [1.807, 2.05) is 35.2 Å². The third-order valence-corrected chi connectivity index (χ3v) is 7.35. The Morgan fingerprint density at radius 3 is 2.84 bits per heavy atom. The van der Waals surface area contributed by atoms with Crippen molar-refractivity contribution in [1.82, 2.24) is 15.4 Å². The van der Waals surface area contributed by atoms with Crippen LogP contribution in [0.1, 0.15) is 23.1 Å². The summed E-state index contributed by atoms with van der Waals surface area (Å²) in [4.78, 5) is 35.2. The molecule has 10 heteroatoms. The van der Waals surface area contributed by atoms with Gasteiger partial charge in [0.1, 0.15) is 29.1 Å². The lowest BCUT2D eigenvalue weighted by atomic mass is 10.2. The van der Waals surface area contributed by atoms with E-state index in [1.54, 1.807) is 41.0 Å². The minimum Gasteiger partial charge on any atom is -0.491 e. The molecule has 4 rings (SSSR count). The maximum atomic E-state index is 11.7. The van der Waals surface area contributed by atoms with Crippen LogP contribution in [0.5, 0.6) is 5.75 Å². The van der Waals surface area contributed by atoms with E-state index < -0.39 is 5.91 Å². The van der Waals surface area contributed by atoms with Gasteiger partial charge in [0.05, 0.1) is 12.3 Å². The number of ether oxygens (including phenoxy) is 1. The summed E-state index contributed by atoms with van der Waals surface area (Å²) >= 11 is 3.29. The van der Waals surface area contributed by atoms with Crippen LogP contribution in [0.4, 0.5) is 5.69 Å². The zero-order valence-corrected chi connectivity index (χ0v) is 18.6. The summed E-state index contributed by atoms with van der Waals surface area (Å²) in [6.07, 6.45) is 5.66. The number of carbonyl (C=O) groups excluding carboxylic acids is 2. The number of carbonyl (C=O) groups is 1. The van der Waals surface area contributed by atoms with Crippen LogP contribution in [0, 0.1) is 0 Å². The van der Waals surface area contributed by atoms with Gasteiger partial charge in [0.2, 0.25) is 5.91 Å². The third kappa shape index (κ3) is 4.84. The molecular weight excluding hydrogens is 448 g/mol. The second-order valence-corrected chi connectivity index (χ2v) is 9.05. The lowest BCUT2D eigenvalue weighted by Crippen LogP contribution is -2.22. The van der Waals surface area contributed by atoms with Crippen LogP contribution in [0.3, 0.4) is 0 Å². The Bertz CT molecular complexity index is 1130. The fourth-order valence-electron chi connectivity index (χ4n) is 3.32. The molecule has 1 unspecified atom stereocenters. The molecule has 3 heterocycles. The van der Waals surface area contributed by atoms with Crippen molar-refractivity contribution >= 4 is 40.6 Å². The first-order valence-electron chi connectivity index (χ1n) is 9.86. The number of thioether (sulfide) groups is 1. The number of hydrogen-bond donors (Lipinski definition) is 2. The van der Waals surface area contributed by atoms with Gasteiger partial charge in [-0.2, -0.15) is 0 Å². The molecule has 164 valence electrons. The molecule has 2 aromatic heterocycles. The van der Waals surface area contributed by atoms with Crippen LogP contribution in [-0.4, -0.2) is 39.4 Å². The topological polar surface area (TPSA) is 105 Å². The van der Waals surface area contributed by atoms with Crippen molar-refractivity contribution in [3.8, 4) is 16.2 Å². The Kier molecular flexibility index (Phi) is 7.18. The Morgan fingerprint density at radius 1 is 1.25 bits per heavy atom. The molecule has 1 aromatic carbocycles. The van der Waals surface area contributed by atoms with E-state index in [2.05, 4.69) is 22.0 Å². The number of hydroxylamine groups is 1. The highest BCUT2D eigenvalue weighted by Gasteiger charge is 2.35. The van der Waals surface area contributed by atoms with Crippen LogP contribution < -0.4 is 15.1 Å². The minimum absolute atomic E-state index is 0.0975. The minimum atomic E-state index is -0.457. The molecule has 0 spiro atoms. The highest BCUT2D eigenvalue weighted by molar-refractivity contribution is 8.00. The van der Waals surface area contributed by atoms with Crippen LogP contribution in [-0.2, 0) is 9.59 Å². The third-order valence-electron chi connectivity index (χ3n) is 4.79. The molecule has 1 aliphatic heterocycles. The molecule has 0 aliphatic carbocycles. The number of thiophene rings is 1. The molecule has 1 fully saturated rings. The van der Waals surface area contributed by atoms with Gasteiger partial charge >= 0.3 is 0 Å². The van der Waals surface area contributed by atoms with E-state index >= 15 is 0 Å². The average Bonchev–Trinajstić information content (AvgIpc) is 3.49. The van der Waals surface area contributed by atoms with Crippen molar-refractivity contribution in [2.24, 2.45) is 0 Å². The van der Waals surface area contributed by atoms with Crippen molar-refractivity contribution in [3.05, 3.63) is 65.7 Å². The monoisotopic (exact) mass is 468 g/mol. The molecule has 1 atom stereocenters. The van der Waals surface area contributed by atoms with Crippen molar-refractivity contribution in [1.29, 1.82) is 0 Å². The van der Waals surface area contributed by atoms with E-state index in [-0.39, 0.29) is 11.8 Å². The number of hydrogen-bond acceptors (Lipinski definition) is 9. The van der Waals surface area contributed by atoms with Crippen LogP contribution in [0.25, 0.3) is 10.4 Å². The maximum Gasteiger partial charge on any atom is 0.243 e. The second-order valence-electron chi connectivity index (χ2n) is 6.87. The molecule has 2 N–H and O–H groups in total. The highest BCUT2D eigenvalue weighted by Crippen LogP contribution is 2.50. The van der Waals surface area contributed by atoms with E-state index in [0.717, 1.165) is 21.0 Å². The van der Waals surface area contributed by atoms with Gasteiger partial charge in [-0.25, -0.2) is 20.2 Å². The van der Waals surface area contributed by atoms with Gasteiger partial charge in [0.25, 0.3) is 0 Å². The van der Waals surface area contributed by atoms with Crippen LogP contribution in [0.15, 0.2) is 60.8 Å². The highest BCUT2D eigenvalue weighted by atomic mass is 32.2. The summed E-state index contributed by atoms with van der Waals surface area (Å²) in [6, 6.07) is 11.6. The number of anilines is 1. The first kappa shape index (κ1) is 22.0. The van der Waals surface area contributed by atoms with Gasteiger partial charge in [-0.15, -0.1) is 23.1 Å². The van der Waals surface area contributed by atoms with E-state index in [1.165, 1.54) is 6.33 Å². The van der Waals surface area contributed by atoms with Crippen molar-refractivity contribution in [2.75, 3.05) is 17.3 Å². The van der Waals surface area contributed by atoms with Crippen molar-refractivity contribution in [2.45, 2.75) is 18.2 Å². The first-order chi connectivity index (χ1) is 15.7. The second kappa shape index (κ2) is 10.4. The molecule has 32 heavy (non-hydrogen) atoms. The predicted octanol–water partition coefficient (Wildman–Crippen LogP) is 3.84. The summed E-state index contributed by atoms with van der Waals surface area (Å²) in [6.45, 7) is 0.299. The molecule has 1 saturated heterocycles. The summed E-state index contributed by atoms with van der Waals surface area (Å²) in [5.74, 6) is 2.79. The fourth-order valence-corrected chi connectivity index (χ4v) is 5.77. The maximum absolute atomic E-state index is 11.7. The van der Waals surface area contributed by atoms with Crippen molar-refractivity contribution in [3.63, 3.8) is 0 Å². The smallest absolute Gasteiger partial charge is 0.243 e. The van der Waals surface area contributed by atoms with Gasteiger partial charge in [-0.05, 0) is 30.7 Å². The number of rotatable bonds is 8. The van der Waals surface area contributed by atoms with E-state index in [0.29, 0.717) is 30.2 Å². The van der Waals surface area contributed by atoms with Crippen molar-refractivity contribution < 1.29 is 19.5 Å². The quantitative estimate of drug-likeness (QED) is 0.222. The fraction of sp³-hybridized carbons (Fsp3) is 0.227. The summed E-state index contributed by atoms with van der Waals surface area (Å²) in [5, 5.41) is 8.51. The average molecular weight is 469 g/mol. The molecular formula is C22H20N4O4S2. The summed E-state index contributed by atoms with van der Waals surface area (Å²) < 4.78 is 5.93. The number of aromatic nitrogens is 2. The standard InChI is InChI=1S/C22H20N4O4S2/c27-12-16-13-31-22(20-8-7-19(32-20)15-10-23-14-24-11-15)26(16)17-4-1-2-5-18(17)30-9-3-6-21(28)25-29/h1-2,4-5,7-8,10-11,14,22,29H,3,6,9,13H2,(H,25,28). The summed E-state index contributed by atoms with van der Waals surface area (Å²) in [7, 11) is 0. The van der Waals surface area contributed by atoms with Gasteiger partial charge < -0.3 is 9.64 Å². The number of para-hydroxylation sites is 2. The Morgan fingerprint density at radius 2 is 2.06 bits per heavy atom. The Labute approximate surface area is 192 Å². The first-order valence-corrected chi connectivity index (χ1v) is 11.7. The number of benzene rings is 1. The predicted molar refractivity (Wildman–Crippen MR) is 123 cm³/mol. The van der Waals surface area contributed by atoms with Crippen LogP contribution in [0.2, 0.25) is 0 Å². The van der Waals surface area contributed by atoms with Gasteiger partial charge in [-0.3, -0.25) is 10.0 Å². The van der Waals surface area contributed by atoms with E-state index in [9.17, 15) is 9.59 Å². The number of nitrogens with zero attached hydrogens (tertiary/aromatic N) is 3. The molecule has 3 aromatic rings. The van der Waals surface area contributed by atoms with Gasteiger partial charge in [0.15, 0.2) is 0 Å². The Balaban J connectivity index is 1.58. The van der Waals surface area contributed by atoms with Crippen LogP contribution >= 0.6 is 23.1 Å². The molecule has 1 amide bonds. The zero-order chi connectivity index (χ0) is 22.3. The number of nitrogens with one attached hydrogen (secondary N) is 1.